The van der Waals surface area contributed by atoms with E-state index in [1.165, 1.54) is 11.8 Å². The van der Waals surface area contributed by atoms with Crippen molar-refractivity contribution in [2.45, 2.75) is 17.9 Å². The highest BCUT2D eigenvalue weighted by Gasteiger charge is 2.06. The van der Waals surface area contributed by atoms with Gasteiger partial charge in [0.1, 0.15) is 0 Å². The van der Waals surface area contributed by atoms with E-state index in [9.17, 15) is 8.78 Å². The molecule has 0 amide bonds. The maximum absolute atomic E-state index is 12.0. The van der Waals surface area contributed by atoms with Crippen molar-refractivity contribution in [2.75, 3.05) is 12.8 Å². The normalized spacial score (nSPS) is 10.9. The van der Waals surface area contributed by atoms with Gasteiger partial charge in [0.25, 0.3) is 0 Å². The fourth-order valence-electron chi connectivity index (χ4n) is 1.13. The molecule has 0 fully saturated rings. The number of rotatable bonds is 5. The van der Waals surface area contributed by atoms with Crippen LogP contribution in [0.25, 0.3) is 0 Å². The van der Waals surface area contributed by atoms with Gasteiger partial charge in [0.15, 0.2) is 0 Å². The van der Waals surface area contributed by atoms with Crippen molar-refractivity contribution in [2.24, 2.45) is 0 Å². The van der Waals surface area contributed by atoms with Gasteiger partial charge in [0, 0.05) is 11.4 Å². The Bertz CT molecular complexity index is 279. The molecular weight excluding hydrogens is 204 g/mol. The lowest BCUT2D eigenvalue weighted by molar-refractivity contribution is 0.177. The Morgan fingerprint density at radius 3 is 2.71 bits per heavy atom. The minimum absolute atomic E-state index is 0.138. The standard InChI is InChI=1S/C10H13F2NS/c1-13-6-8-4-2-3-5-9(8)14-7-10(11)12/h2-5,10,13H,6-7H2,1H3. The molecule has 0 radical (unpaired) electrons. The quantitative estimate of drug-likeness (QED) is 0.761. The van der Waals surface area contributed by atoms with Crippen LogP contribution in [-0.4, -0.2) is 19.2 Å². The summed E-state index contributed by atoms with van der Waals surface area (Å²) in [5, 5.41) is 3.01. The van der Waals surface area contributed by atoms with Gasteiger partial charge >= 0.3 is 0 Å². The Labute approximate surface area is 86.9 Å². The van der Waals surface area contributed by atoms with Gasteiger partial charge in [0.05, 0.1) is 5.75 Å². The van der Waals surface area contributed by atoms with Crippen molar-refractivity contribution in [3.63, 3.8) is 0 Å². The Balaban J connectivity index is 2.64. The second-order valence-corrected chi connectivity index (χ2v) is 3.90. The molecule has 0 spiro atoms. The third-order valence-electron chi connectivity index (χ3n) is 1.70. The van der Waals surface area contributed by atoms with Crippen LogP contribution in [0.5, 0.6) is 0 Å². The summed E-state index contributed by atoms with van der Waals surface area (Å²) in [5.74, 6) is -0.138. The van der Waals surface area contributed by atoms with Crippen LogP contribution >= 0.6 is 11.8 Å². The molecule has 1 nitrogen and oxygen atoms in total. The van der Waals surface area contributed by atoms with Gasteiger partial charge in [0.2, 0.25) is 6.43 Å². The van der Waals surface area contributed by atoms with Crippen LogP contribution in [-0.2, 0) is 6.54 Å². The highest BCUT2D eigenvalue weighted by atomic mass is 32.2. The summed E-state index contributed by atoms with van der Waals surface area (Å²) >= 11 is 1.21. The Morgan fingerprint density at radius 1 is 1.36 bits per heavy atom. The van der Waals surface area contributed by atoms with Crippen LogP contribution in [0, 0.1) is 0 Å². The van der Waals surface area contributed by atoms with Crippen LogP contribution in [0.4, 0.5) is 8.78 Å². The molecule has 14 heavy (non-hydrogen) atoms. The molecule has 1 N–H and O–H groups in total. The zero-order valence-corrected chi connectivity index (χ0v) is 8.78. The van der Waals surface area contributed by atoms with Crippen LogP contribution in [0.2, 0.25) is 0 Å². The maximum Gasteiger partial charge on any atom is 0.247 e. The first-order valence-corrected chi connectivity index (χ1v) is 5.36. The van der Waals surface area contributed by atoms with E-state index in [0.717, 1.165) is 10.5 Å². The minimum Gasteiger partial charge on any atom is -0.316 e. The lowest BCUT2D eigenvalue weighted by Crippen LogP contribution is -2.06. The zero-order valence-electron chi connectivity index (χ0n) is 7.97. The Morgan fingerprint density at radius 2 is 2.07 bits per heavy atom. The maximum atomic E-state index is 12.0. The molecular formula is C10H13F2NS. The van der Waals surface area contributed by atoms with Gasteiger partial charge in [-0.1, -0.05) is 18.2 Å². The fourth-order valence-corrected chi connectivity index (χ4v) is 1.94. The van der Waals surface area contributed by atoms with E-state index in [0.29, 0.717) is 6.54 Å². The first kappa shape index (κ1) is 11.5. The van der Waals surface area contributed by atoms with Crippen LogP contribution < -0.4 is 5.32 Å². The first-order chi connectivity index (χ1) is 6.74. The summed E-state index contributed by atoms with van der Waals surface area (Å²) in [5.41, 5.74) is 1.07. The molecule has 1 rings (SSSR count). The molecule has 0 saturated heterocycles. The second-order valence-electron chi connectivity index (χ2n) is 2.84. The predicted octanol–water partition coefficient (Wildman–Crippen LogP) is 2.76. The smallest absolute Gasteiger partial charge is 0.247 e. The van der Waals surface area contributed by atoms with E-state index in [1.54, 1.807) is 0 Å². The largest absolute Gasteiger partial charge is 0.316 e. The third kappa shape index (κ3) is 3.64. The van der Waals surface area contributed by atoms with E-state index in [1.807, 2.05) is 31.3 Å². The molecule has 1 aromatic rings. The van der Waals surface area contributed by atoms with E-state index in [2.05, 4.69) is 5.32 Å². The number of thioether (sulfide) groups is 1. The highest BCUT2D eigenvalue weighted by Crippen LogP contribution is 2.24. The molecule has 0 unspecified atom stereocenters. The summed E-state index contributed by atoms with van der Waals surface area (Å²) in [7, 11) is 1.84. The van der Waals surface area contributed by atoms with E-state index in [4.69, 9.17) is 0 Å². The molecule has 0 heterocycles. The van der Waals surface area contributed by atoms with Gasteiger partial charge < -0.3 is 5.32 Å². The monoisotopic (exact) mass is 217 g/mol. The molecule has 0 aromatic heterocycles. The van der Waals surface area contributed by atoms with Crippen molar-refractivity contribution in [3.8, 4) is 0 Å². The second kappa shape index (κ2) is 5.98. The van der Waals surface area contributed by atoms with Gasteiger partial charge in [-0.25, -0.2) is 8.78 Å². The van der Waals surface area contributed by atoms with Crippen molar-refractivity contribution < 1.29 is 8.78 Å². The Kier molecular flexibility index (Phi) is 4.90. The summed E-state index contributed by atoms with van der Waals surface area (Å²) in [6, 6.07) is 7.61. The summed E-state index contributed by atoms with van der Waals surface area (Å²) in [6.45, 7) is 0.715. The van der Waals surface area contributed by atoms with Crippen LogP contribution in [0.1, 0.15) is 5.56 Å². The highest BCUT2D eigenvalue weighted by molar-refractivity contribution is 7.99. The number of benzene rings is 1. The minimum atomic E-state index is -2.25. The molecule has 0 aliphatic rings. The molecule has 0 atom stereocenters. The lowest BCUT2D eigenvalue weighted by Gasteiger charge is -2.07. The van der Waals surface area contributed by atoms with E-state index in [-0.39, 0.29) is 5.75 Å². The average molecular weight is 217 g/mol. The molecule has 0 saturated carbocycles. The summed E-state index contributed by atoms with van der Waals surface area (Å²) < 4.78 is 24.0. The summed E-state index contributed by atoms with van der Waals surface area (Å²) in [4.78, 5) is 0.933. The van der Waals surface area contributed by atoms with Crippen molar-refractivity contribution in [1.29, 1.82) is 0 Å². The number of nitrogens with one attached hydrogen (secondary N) is 1. The van der Waals surface area contributed by atoms with E-state index < -0.39 is 6.43 Å². The van der Waals surface area contributed by atoms with E-state index >= 15 is 0 Å². The van der Waals surface area contributed by atoms with Crippen molar-refractivity contribution in [1.82, 2.24) is 5.32 Å². The van der Waals surface area contributed by atoms with Crippen LogP contribution in [0.3, 0.4) is 0 Å². The van der Waals surface area contributed by atoms with Crippen molar-refractivity contribution in [3.05, 3.63) is 29.8 Å². The van der Waals surface area contributed by atoms with Gasteiger partial charge in [-0.3, -0.25) is 0 Å². The molecule has 0 aliphatic heterocycles. The lowest BCUT2D eigenvalue weighted by atomic mass is 10.2. The van der Waals surface area contributed by atoms with Gasteiger partial charge in [-0.05, 0) is 18.7 Å². The fraction of sp³-hybridized carbons (Fsp3) is 0.400. The average Bonchev–Trinajstić information content (AvgIpc) is 2.17. The number of hydrogen-bond acceptors (Lipinski definition) is 2. The van der Waals surface area contributed by atoms with Gasteiger partial charge in [-0.15, -0.1) is 11.8 Å². The molecule has 0 bridgehead atoms. The molecule has 0 aliphatic carbocycles. The molecule has 4 heteroatoms. The number of halogens is 2. The SMILES string of the molecule is CNCc1ccccc1SCC(F)F. The number of alkyl halides is 2. The van der Waals surface area contributed by atoms with Crippen molar-refractivity contribution >= 4 is 11.8 Å². The molecule has 1 aromatic carbocycles. The third-order valence-corrected chi connectivity index (χ3v) is 2.83. The predicted molar refractivity (Wildman–Crippen MR) is 55.9 cm³/mol. The summed E-state index contributed by atoms with van der Waals surface area (Å²) in [6.07, 6.45) is -2.25. The Hall–Kier alpha value is -0.610. The van der Waals surface area contributed by atoms with Gasteiger partial charge in [-0.2, -0.15) is 0 Å². The zero-order chi connectivity index (χ0) is 10.4. The molecule has 78 valence electrons. The topological polar surface area (TPSA) is 12.0 Å². The first-order valence-electron chi connectivity index (χ1n) is 4.37. The van der Waals surface area contributed by atoms with Crippen LogP contribution in [0.15, 0.2) is 29.2 Å². The number of hydrogen-bond donors (Lipinski definition) is 1.